The molecule has 3 nitrogen and oxygen atoms in total. The number of rotatable bonds is 2. The van der Waals surface area contributed by atoms with Crippen LogP contribution in [0.4, 0.5) is 0 Å². The molecule has 4 unspecified atom stereocenters. The van der Waals surface area contributed by atoms with Gasteiger partial charge in [-0.3, -0.25) is 4.90 Å². The van der Waals surface area contributed by atoms with Gasteiger partial charge >= 0.3 is 0 Å². The number of nitrogens with two attached hydrogens (primary N) is 1. The molecule has 1 aliphatic carbocycles. The number of methoxy groups -OCH3 is 1. The van der Waals surface area contributed by atoms with Crippen LogP contribution >= 0.6 is 0 Å². The SMILES string of the molecule is COC1CN(C2CCCCC2N)CCC1C. The Labute approximate surface area is 99.3 Å². The van der Waals surface area contributed by atoms with Crippen molar-refractivity contribution < 1.29 is 4.74 Å². The molecule has 2 fully saturated rings. The molecular formula is C13H26N2O. The summed E-state index contributed by atoms with van der Waals surface area (Å²) in [7, 11) is 1.84. The van der Waals surface area contributed by atoms with Crippen LogP contribution in [0.1, 0.15) is 39.0 Å². The van der Waals surface area contributed by atoms with Crippen LogP contribution in [0.25, 0.3) is 0 Å². The third-order valence-corrected chi connectivity index (χ3v) is 4.47. The van der Waals surface area contributed by atoms with Gasteiger partial charge in [0.1, 0.15) is 0 Å². The Morgan fingerprint density at radius 2 is 1.94 bits per heavy atom. The largest absolute Gasteiger partial charge is 0.380 e. The van der Waals surface area contributed by atoms with Gasteiger partial charge in [-0.2, -0.15) is 0 Å². The van der Waals surface area contributed by atoms with Crippen molar-refractivity contribution in [3.05, 3.63) is 0 Å². The first kappa shape index (κ1) is 12.3. The molecule has 1 saturated heterocycles. The Kier molecular flexibility index (Phi) is 4.22. The molecule has 3 heteroatoms. The zero-order chi connectivity index (χ0) is 11.5. The van der Waals surface area contributed by atoms with Gasteiger partial charge in [0.2, 0.25) is 0 Å². The highest BCUT2D eigenvalue weighted by Crippen LogP contribution is 2.27. The average molecular weight is 226 g/mol. The smallest absolute Gasteiger partial charge is 0.0724 e. The van der Waals surface area contributed by atoms with Gasteiger partial charge in [0, 0.05) is 25.7 Å². The van der Waals surface area contributed by atoms with Crippen LogP contribution in [0.2, 0.25) is 0 Å². The van der Waals surface area contributed by atoms with E-state index in [1.54, 1.807) is 0 Å². The van der Waals surface area contributed by atoms with Crippen LogP contribution in [-0.4, -0.2) is 43.3 Å². The van der Waals surface area contributed by atoms with E-state index in [1.165, 1.54) is 38.6 Å². The van der Waals surface area contributed by atoms with Crippen molar-refractivity contribution in [2.24, 2.45) is 11.7 Å². The van der Waals surface area contributed by atoms with Crippen LogP contribution in [0.3, 0.4) is 0 Å². The summed E-state index contributed by atoms with van der Waals surface area (Å²) in [5.74, 6) is 0.695. The number of piperidine rings is 1. The average Bonchev–Trinajstić information content (AvgIpc) is 2.31. The summed E-state index contributed by atoms with van der Waals surface area (Å²) in [6.45, 7) is 4.59. The Balaban J connectivity index is 1.93. The molecule has 0 aromatic heterocycles. The van der Waals surface area contributed by atoms with Gasteiger partial charge in [-0.05, 0) is 31.7 Å². The van der Waals surface area contributed by atoms with Gasteiger partial charge in [-0.15, -0.1) is 0 Å². The molecule has 0 aromatic carbocycles. The second kappa shape index (κ2) is 5.48. The van der Waals surface area contributed by atoms with E-state index in [2.05, 4.69) is 11.8 Å². The molecule has 2 N–H and O–H groups in total. The van der Waals surface area contributed by atoms with Crippen LogP contribution < -0.4 is 5.73 Å². The molecule has 16 heavy (non-hydrogen) atoms. The molecule has 1 saturated carbocycles. The first-order valence-corrected chi connectivity index (χ1v) is 6.74. The fraction of sp³-hybridized carbons (Fsp3) is 1.00. The van der Waals surface area contributed by atoms with E-state index in [0.717, 1.165) is 6.54 Å². The Morgan fingerprint density at radius 1 is 1.19 bits per heavy atom. The maximum absolute atomic E-state index is 6.25. The lowest BCUT2D eigenvalue weighted by atomic mass is 9.87. The van der Waals surface area contributed by atoms with Crippen LogP contribution in [0.15, 0.2) is 0 Å². The first-order valence-electron chi connectivity index (χ1n) is 6.74. The third-order valence-electron chi connectivity index (χ3n) is 4.47. The van der Waals surface area contributed by atoms with Crippen LogP contribution in [0.5, 0.6) is 0 Å². The molecule has 0 bridgehead atoms. The molecule has 1 heterocycles. The predicted octanol–water partition coefficient (Wildman–Crippen LogP) is 1.61. The lowest BCUT2D eigenvalue weighted by Crippen LogP contribution is -2.55. The number of likely N-dealkylation sites (tertiary alicyclic amines) is 1. The lowest BCUT2D eigenvalue weighted by Gasteiger charge is -2.44. The predicted molar refractivity (Wildman–Crippen MR) is 66.4 cm³/mol. The minimum absolute atomic E-state index is 0.389. The molecule has 2 rings (SSSR count). The molecule has 1 aliphatic heterocycles. The molecule has 0 radical (unpaired) electrons. The highest BCUT2D eigenvalue weighted by atomic mass is 16.5. The van der Waals surface area contributed by atoms with E-state index in [9.17, 15) is 0 Å². The molecule has 2 aliphatic rings. The minimum atomic E-state index is 0.389. The van der Waals surface area contributed by atoms with E-state index in [4.69, 9.17) is 10.5 Å². The van der Waals surface area contributed by atoms with Gasteiger partial charge in [0.05, 0.1) is 6.10 Å². The molecule has 94 valence electrons. The topological polar surface area (TPSA) is 38.5 Å². The standard InChI is InChI=1S/C13H26N2O/c1-10-7-8-15(9-13(10)16-2)12-6-4-3-5-11(12)14/h10-13H,3-9,14H2,1-2H3. The molecular weight excluding hydrogens is 200 g/mol. The van der Waals surface area contributed by atoms with Crippen molar-refractivity contribution in [3.8, 4) is 0 Å². The van der Waals surface area contributed by atoms with Crippen LogP contribution in [0, 0.1) is 5.92 Å². The van der Waals surface area contributed by atoms with Crippen molar-refractivity contribution in [1.29, 1.82) is 0 Å². The monoisotopic (exact) mass is 226 g/mol. The zero-order valence-corrected chi connectivity index (χ0v) is 10.7. The van der Waals surface area contributed by atoms with Crippen molar-refractivity contribution in [1.82, 2.24) is 4.90 Å². The second-order valence-electron chi connectivity index (χ2n) is 5.55. The highest BCUT2D eigenvalue weighted by Gasteiger charge is 2.33. The molecule has 4 atom stereocenters. The van der Waals surface area contributed by atoms with E-state index in [-0.39, 0.29) is 0 Å². The number of hydrogen-bond donors (Lipinski definition) is 1. The third kappa shape index (κ3) is 2.58. The molecule has 0 amide bonds. The van der Waals surface area contributed by atoms with E-state index in [1.807, 2.05) is 7.11 Å². The van der Waals surface area contributed by atoms with Crippen molar-refractivity contribution in [2.75, 3.05) is 20.2 Å². The fourth-order valence-electron chi connectivity index (χ4n) is 3.26. The molecule has 0 aromatic rings. The van der Waals surface area contributed by atoms with E-state index in [0.29, 0.717) is 24.1 Å². The van der Waals surface area contributed by atoms with Gasteiger partial charge in [0.25, 0.3) is 0 Å². The number of hydrogen-bond acceptors (Lipinski definition) is 3. The summed E-state index contributed by atoms with van der Waals surface area (Å²) in [5, 5.41) is 0. The maximum Gasteiger partial charge on any atom is 0.0724 e. The Hall–Kier alpha value is -0.120. The summed E-state index contributed by atoms with van der Waals surface area (Å²) in [6.07, 6.45) is 6.81. The quantitative estimate of drug-likeness (QED) is 0.777. The highest BCUT2D eigenvalue weighted by molar-refractivity contribution is 4.90. The summed E-state index contributed by atoms with van der Waals surface area (Å²) in [5.41, 5.74) is 6.25. The minimum Gasteiger partial charge on any atom is -0.380 e. The van der Waals surface area contributed by atoms with Gasteiger partial charge in [-0.1, -0.05) is 19.8 Å². The second-order valence-corrected chi connectivity index (χ2v) is 5.55. The summed E-state index contributed by atoms with van der Waals surface area (Å²) in [6, 6.07) is 0.999. The fourth-order valence-corrected chi connectivity index (χ4v) is 3.26. The first-order chi connectivity index (χ1) is 7.72. The summed E-state index contributed by atoms with van der Waals surface area (Å²) in [4.78, 5) is 2.58. The number of ether oxygens (including phenoxy) is 1. The molecule has 0 spiro atoms. The number of nitrogens with zero attached hydrogens (tertiary/aromatic N) is 1. The van der Waals surface area contributed by atoms with Gasteiger partial charge < -0.3 is 10.5 Å². The van der Waals surface area contributed by atoms with Crippen molar-refractivity contribution >= 4 is 0 Å². The lowest BCUT2D eigenvalue weighted by molar-refractivity contribution is -0.0272. The van der Waals surface area contributed by atoms with E-state index < -0.39 is 0 Å². The van der Waals surface area contributed by atoms with Gasteiger partial charge in [0.15, 0.2) is 0 Å². The zero-order valence-electron chi connectivity index (χ0n) is 10.7. The summed E-state index contributed by atoms with van der Waals surface area (Å²) >= 11 is 0. The summed E-state index contributed by atoms with van der Waals surface area (Å²) < 4.78 is 5.58. The normalized spacial score (nSPS) is 42.2. The van der Waals surface area contributed by atoms with E-state index >= 15 is 0 Å². The van der Waals surface area contributed by atoms with Gasteiger partial charge in [-0.25, -0.2) is 0 Å². The van der Waals surface area contributed by atoms with Crippen LogP contribution in [-0.2, 0) is 4.74 Å². The maximum atomic E-state index is 6.25. The van der Waals surface area contributed by atoms with Crippen molar-refractivity contribution in [2.45, 2.75) is 57.2 Å². The Morgan fingerprint density at radius 3 is 2.62 bits per heavy atom. The van der Waals surface area contributed by atoms with Crippen molar-refractivity contribution in [3.63, 3.8) is 0 Å². The Bertz CT molecular complexity index is 222.